The lowest BCUT2D eigenvalue weighted by atomic mass is 10.0. The summed E-state index contributed by atoms with van der Waals surface area (Å²) in [5.41, 5.74) is -0.408. The smallest absolute Gasteiger partial charge is 0.410 e. The van der Waals surface area contributed by atoms with E-state index in [0.29, 0.717) is 12.1 Å². The SMILES string of the molecule is CC1CCCC(NC2CCCN(C(=O)OC(C)(C)C)C2)CC1. The molecule has 0 spiro atoms. The molecule has 4 heteroatoms. The summed E-state index contributed by atoms with van der Waals surface area (Å²) in [5, 5.41) is 3.82. The average Bonchev–Trinajstić information content (AvgIpc) is 2.62. The van der Waals surface area contributed by atoms with E-state index < -0.39 is 5.60 Å². The lowest BCUT2D eigenvalue weighted by Gasteiger charge is -2.36. The van der Waals surface area contributed by atoms with Gasteiger partial charge in [0, 0.05) is 25.2 Å². The predicted molar refractivity (Wildman–Crippen MR) is 90.0 cm³/mol. The van der Waals surface area contributed by atoms with Crippen molar-refractivity contribution in [1.82, 2.24) is 10.2 Å². The number of amides is 1. The van der Waals surface area contributed by atoms with Crippen LogP contribution in [0.2, 0.25) is 0 Å². The van der Waals surface area contributed by atoms with Crippen molar-refractivity contribution in [3.8, 4) is 0 Å². The van der Waals surface area contributed by atoms with Crippen LogP contribution in [-0.2, 0) is 4.74 Å². The van der Waals surface area contributed by atoms with E-state index in [1.807, 2.05) is 25.7 Å². The number of piperidine rings is 1. The maximum Gasteiger partial charge on any atom is 0.410 e. The largest absolute Gasteiger partial charge is 0.444 e. The Hall–Kier alpha value is -0.770. The Morgan fingerprint density at radius 2 is 1.77 bits per heavy atom. The van der Waals surface area contributed by atoms with Crippen molar-refractivity contribution >= 4 is 6.09 Å². The number of nitrogens with one attached hydrogen (secondary N) is 1. The Morgan fingerprint density at radius 3 is 2.50 bits per heavy atom. The van der Waals surface area contributed by atoms with Gasteiger partial charge in [0.05, 0.1) is 0 Å². The van der Waals surface area contributed by atoms with Gasteiger partial charge in [-0.25, -0.2) is 4.79 Å². The van der Waals surface area contributed by atoms with Crippen LogP contribution in [0.4, 0.5) is 4.79 Å². The number of hydrogen-bond donors (Lipinski definition) is 1. The first-order valence-corrected chi connectivity index (χ1v) is 9.07. The summed E-state index contributed by atoms with van der Waals surface area (Å²) < 4.78 is 5.51. The van der Waals surface area contributed by atoms with Gasteiger partial charge in [-0.3, -0.25) is 0 Å². The lowest BCUT2D eigenvalue weighted by molar-refractivity contribution is 0.0182. The van der Waals surface area contributed by atoms with Crippen molar-refractivity contribution in [2.75, 3.05) is 13.1 Å². The van der Waals surface area contributed by atoms with Gasteiger partial charge in [0.25, 0.3) is 0 Å². The summed E-state index contributed by atoms with van der Waals surface area (Å²) in [5.74, 6) is 0.872. The molecule has 22 heavy (non-hydrogen) atoms. The topological polar surface area (TPSA) is 41.6 Å². The fourth-order valence-corrected chi connectivity index (χ4v) is 3.59. The summed E-state index contributed by atoms with van der Waals surface area (Å²) in [4.78, 5) is 14.1. The third kappa shape index (κ3) is 5.79. The van der Waals surface area contributed by atoms with Crippen LogP contribution in [0.1, 0.15) is 72.6 Å². The number of likely N-dealkylation sites (tertiary alicyclic amines) is 1. The monoisotopic (exact) mass is 310 g/mol. The molecular formula is C18H34N2O2. The second-order valence-electron chi connectivity index (χ2n) is 8.24. The van der Waals surface area contributed by atoms with Crippen LogP contribution in [0.5, 0.6) is 0 Å². The molecule has 1 saturated carbocycles. The van der Waals surface area contributed by atoms with E-state index in [1.54, 1.807) is 0 Å². The molecule has 1 saturated heterocycles. The van der Waals surface area contributed by atoms with Gasteiger partial charge in [0.15, 0.2) is 0 Å². The van der Waals surface area contributed by atoms with Crippen molar-refractivity contribution in [2.24, 2.45) is 5.92 Å². The van der Waals surface area contributed by atoms with Gasteiger partial charge in [-0.15, -0.1) is 0 Å². The minimum Gasteiger partial charge on any atom is -0.444 e. The third-order valence-electron chi connectivity index (χ3n) is 4.80. The molecule has 1 amide bonds. The minimum atomic E-state index is -0.408. The van der Waals surface area contributed by atoms with Crippen molar-refractivity contribution in [3.05, 3.63) is 0 Å². The zero-order valence-corrected chi connectivity index (χ0v) is 14.9. The highest BCUT2D eigenvalue weighted by atomic mass is 16.6. The summed E-state index contributed by atoms with van der Waals surface area (Å²) in [6, 6.07) is 1.06. The number of rotatable bonds is 2. The first-order chi connectivity index (χ1) is 10.3. The molecule has 0 bridgehead atoms. The van der Waals surface area contributed by atoms with E-state index in [-0.39, 0.29) is 6.09 Å². The molecule has 1 heterocycles. The zero-order chi connectivity index (χ0) is 16.2. The third-order valence-corrected chi connectivity index (χ3v) is 4.80. The first kappa shape index (κ1) is 17.6. The average molecular weight is 310 g/mol. The molecule has 1 N–H and O–H groups in total. The van der Waals surface area contributed by atoms with Gasteiger partial charge >= 0.3 is 6.09 Å². The number of carbonyl (C=O) groups excluding carboxylic acids is 1. The molecule has 1 aliphatic carbocycles. The van der Waals surface area contributed by atoms with Crippen LogP contribution < -0.4 is 5.32 Å². The molecule has 0 aromatic rings. The van der Waals surface area contributed by atoms with E-state index in [2.05, 4.69) is 12.2 Å². The van der Waals surface area contributed by atoms with Crippen molar-refractivity contribution in [2.45, 2.75) is 90.3 Å². The van der Waals surface area contributed by atoms with Crippen LogP contribution in [0.25, 0.3) is 0 Å². The fraction of sp³-hybridized carbons (Fsp3) is 0.944. The van der Waals surface area contributed by atoms with Crippen LogP contribution in [0.3, 0.4) is 0 Å². The van der Waals surface area contributed by atoms with Crippen LogP contribution in [-0.4, -0.2) is 41.8 Å². The van der Waals surface area contributed by atoms with E-state index in [9.17, 15) is 4.79 Å². The molecule has 2 fully saturated rings. The number of hydrogen-bond acceptors (Lipinski definition) is 3. The highest BCUT2D eigenvalue weighted by Crippen LogP contribution is 2.24. The molecule has 0 aromatic carbocycles. The van der Waals surface area contributed by atoms with E-state index in [1.165, 1.54) is 38.5 Å². The second kappa shape index (κ2) is 7.67. The van der Waals surface area contributed by atoms with E-state index in [0.717, 1.165) is 25.4 Å². The molecule has 128 valence electrons. The van der Waals surface area contributed by atoms with Gasteiger partial charge in [-0.05, 0) is 58.8 Å². The zero-order valence-electron chi connectivity index (χ0n) is 14.9. The Labute approximate surface area is 136 Å². The van der Waals surface area contributed by atoms with Gasteiger partial charge < -0.3 is 15.0 Å². The number of carbonyl (C=O) groups is 1. The van der Waals surface area contributed by atoms with Crippen LogP contribution in [0.15, 0.2) is 0 Å². The van der Waals surface area contributed by atoms with Gasteiger partial charge in [0.2, 0.25) is 0 Å². The molecule has 1 aliphatic heterocycles. The molecule has 3 unspecified atom stereocenters. The van der Waals surface area contributed by atoms with Crippen LogP contribution in [0, 0.1) is 5.92 Å². The van der Waals surface area contributed by atoms with Gasteiger partial charge in [-0.2, -0.15) is 0 Å². The highest BCUT2D eigenvalue weighted by Gasteiger charge is 2.29. The summed E-state index contributed by atoms with van der Waals surface area (Å²) in [7, 11) is 0. The maximum absolute atomic E-state index is 12.2. The van der Waals surface area contributed by atoms with Crippen molar-refractivity contribution in [1.29, 1.82) is 0 Å². The Balaban J connectivity index is 1.81. The summed E-state index contributed by atoms with van der Waals surface area (Å²) >= 11 is 0. The first-order valence-electron chi connectivity index (χ1n) is 9.07. The van der Waals surface area contributed by atoms with Crippen molar-refractivity contribution in [3.63, 3.8) is 0 Å². The molecule has 0 aromatic heterocycles. The summed E-state index contributed by atoms with van der Waals surface area (Å²) in [6.07, 6.45) is 8.69. The second-order valence-corrected chi connectivity index (χ2v) is 8.24. The van der Waals surface area contributed by atoms with Gasteiger partial charge in [-0.1, -0.05) is 19.8 Å². The molecular weight excluding hydrogens is 276 g/mol. The predicted octanol–water partition coefficient (Wildman–Crippen LogP) is 3.94. The molecule has 0 radical (unpaired) electrons. The molecule has 3 atom stereocenters. The standard InChI is InChI=1S/C18H34N2O2/c1-14-7-5-8-15(11-10-14)19-16-9-6-12-20(13-16)17(21)22-18(2,3)4/h14-16,19H,5-13H2,1-4H3. The maximum atomic E-state index is 12.2. The van der Waals surface area contributed by atoms with E-state index in [4.69, 9.17) is 4.74 Å². The highest BCUT2D eigenvalue weighted by molar-refractivity contribution is 5.68. The summed E-state index contributed by atoms with van der Waals surface area (Å²) in [6.45, 7) is 9.77. The fourth-order valence-electron chi connectivity index (χ4n) is 3.59. The van der Waals surface area contributed by atoms with Gasteiger partial charge in [0.1, 0.15) is 5.60 Å². The molecule has 4 nitrogen and oxygen atoms in total. The number of nitrogens with zero attached hydrogens (tertiary/aromatic N) is 1. The Bertz CT molecular complexity index is 365. The van der Waals surface area contributed by atoms with Crippen molar-refractivity contribution < 1.29 is 9.53 Å². The Kier molecular flexibility index (Phi) is 6.13. The van der Waals surface area contributed by atoms with E-state index >= 15 is 0 Å². The quantitative estimate of drug-likeness (QED) is 0.785. The van der Waals surface area contributed by atoms with Crippen LogP contribution >= 0.6 is 0 Å². The normalized spacial score (nSPS) is 30.7. The molecule has 2 rings (SSSR count). The number of ether oxygens (including phenoxy) is 1. The lowest BCUT2D eigenvalue weighted by Crippen LogP contribution is -2.51. The molecule has 2 aliphatic rings. The Morgan fingerprint density at radius 1 is 1.05 bits per heavy atom. The minimum absolute atomic E-state index is 0.159.